The second-order valence-corrected chi connectivity index (χ2v) is 10.2. The Morgan fingerprint density at radius 3 is 2.46 bits per heavy atom. The van der Waals surface area contributed by atoms with E-state index in [1.807, 2.05) is 30.5 Å². The Hall–Kier alpha value is -3.89. The van der Waals surface area contributed by atoms with Crippen molar-refractivity contribution in [3.8, 4) is 16.9 Å². The van der Waals surface area contributed by atoms with Crippen LogP contribution in [0.15, 0.2) is 77.4 Å². The molecule has 0 aliphatic carbocycles. The molecular formula is C29H25BrF2N4O3. The van der Waals surface area contributed by atoms with E-state index in [0.717, 1.165) is 10.2 Å². The molecule has 1 saturated heterocycles. The second-order valence-electron chi connectivity index (χ2n) is 9.27. The maximum Gasteiger partial charge on any atom is 0.253 e. The highest BCUT2D eigenvalue weighted by Gasteiger charge is 2.40. The maximum absolute atomic E-state index is 14.5. The predicted octanol–water partition coefficient (Wildman–Crippen LogP) is 6.03. The largest absolute Gasteiger partial charge is 0.341 e. The number of benzene rings is 3. The van der Waals surface area contributed by atoms with Crippen LogP contribution in [0.5, 0.6) is 0 Å². The molecule has 2 amide bonds. The molecule has 2 atom stereocenters. The van der Waals surface area contributed by atoms with Crippen molar-refractivity contribution in [3.63, 3.8) is 0 Å². The van der Waals surface area contributed by atoms with E-state index in [4.69, 9.17) is 9.84 Å². The van der Waals surface area contributed by atoms with E-state index in [-0.39, 0.29) is 29.9 Å². The van der Waals surface area contributed by atoms with Gasteiger partial charge in [0, 0.05) is 35.3 Å². The predicted molar refractivity (Wildman–Crippen MR) is 146 cm³/mol. The Labute approximate surface area is 232 Å². The van der Waals surface area contributed by atoms with Crippen molar-refractivity contribution in [3.05, 3.63) is 100 Å². The van der Waals surface area contributed by atoms with Crippen LogP contribution in [0.1, 0.15) is 31.2 Å². The molecule has 5 rings (SSSR count). The first-order valence-electron chi connectivity index (χ1n) is 12.3. The lowest BCUT2D eigenvalue weighted by Gasteiger charge is -2.23. The molecule has 39 heavy (non-hydrogen) atoms. The van der Waals surface area contributed by atoms with Crippen LogP contribution in [-0.4, -0.2) is 39.1 Å². The smallest absolute Gasteiger partial charge is 0.253 e. The molecule has 1 aliphatic heterocycles. The summed E-state index contributed by atoms with van der Waals surface area (Å²) in [5.74, 6) is -1.48. The van der Waals surface area contributed by atoms with Crippen molar-refractivity contribution < 1.29 is 23.1 Å². The van der Waals surface area contributed by atoms with Crippen LogP contribution in [0.25, 0.3) is 16.9 Å². The molecule has 4 aromatic rings. The van der Waals surface area contributed by atoms with Gasteiger partial charge in [-0.15, -0.1) is 0 Å². The Bertz CT molecular complexity index is 1520. The van der Waals surface area contributed by atoms with Gasteiger partial charge in [-0.25, -0.2) is 13.5 Å². The van der Waals surface area contributed by atoms with Gasteiger partial charge < -0.3 is 15.0 Å². The van der Waals surface area contributed by atoms with Gasteiger partial charge in [0.1, 0.15) is 23.4 Å². The summed E-state index contributed by atoms with van der Waals surface area (Å²) < 4.78 is 36.9. The molecule has 1 aliphatic rings. The number of nitrogens with zero attached hydrogens (tertiary/aromatic N) is 3. The van der Waals surface area contributed by atoms with E-state index in [0.29, 0.717) is 28.8 Å². The highest BCUT2D eigenvalue weighted by molar-refractivity contribution is 9.10. The average Bonchev–Trinajstić information content (AvgIpc) is 3.46. The minimum atomic E-state index is -0.750. The Balaban J connectivity index is 1.48. The van der Waals surface area contributed by atoms with Crippen molar-refractivity contribution in [2.24, 2.45) is 0 Å². The monoisotopic (exact) mass is 594 g/mol. The van der Waals surface area contributed by atoms with Gasteiger partial charge in [0.2, 0.25) is 5.91 Å². The van der Waals surface area contributed by atoms with Crippen LogP contribution in [0, 0.1) is 11.6 Å². The van der Waals surface area contributed by atoms with Crippen LogP contribution < -0.4 is 5.32 Å². The van der Waals surface area contributed by atoms with Crippen molar-refractivity contribution >= 4 is 33.4 Å². The first-order valence-corrected chi connectivity index (χ1v) is 13.1. The van der Waals surface area contributed by atoms with Crippen molar-refractivity contribution in [2.75, 3.05) is 11.9 Å². The molecule has 0 saturated carbocycles. The molecule has 10 heteroatoms. The third kappa shape index (κ3) is 5.76. The number of hydrogen-bond acceptors (Lipinski definition) is 4. The van der Waals surface area contributed by atoms with Gasteiger partial charge in [-0.3, -0.25) is 9.59 Å². The molecule has 0 bridgehead atoms. The molecule has 1 unspecified atom stereocenters. The van der Waals surface area contributed by atoms with Crippen LogP contribution >= 0.6 is 15.9 Å². The van der Waals surface area contributed by atoms with Gasteiger partial charge in [-0.2, -0.15) is 5.10 Å². The van der Waals surface area contributed by atoms with Crippen LogP contribution in [-0.2, 0) is 20.7 Å². The molecule has 1 aromatic heterocycles. The van der Waals surface area contributed by atoms with E-state index >= 15 is 0 Å². The number of ether oxygens (including phenoxy) is 1. The second kappa shape index (κ2) is 11.1. The van der Waals surface area contributed by atoms with E-state index in [1.54, 1.807) is 34.7 Å². The fourth-order valence-electron chi connectivity index (χ4n) is 4.52. The fraction of sp³-hybridized carbons (Fsp3) is 0.207. The maximum atomic E-state index is 14.5. The number of aromatic nitrogens is 2. The zero-order chi connectivity index (χ0) is 27.7. The van der Waals surface area contributed by atoms with Crippen molar-refractivity contribution in [2.45, 2.75) is 32.6 Å². The number of carbonyl (C=O) groups is 2. The summed E-state index contributed by atoms with van der Waals surface area (Å²) in [6.45, 7) is 3.26. The van der Waals surface area contributed by atoms with Gasteiger partial charge in [0.05, 0.1) is 11.4 Å². The Morgan fingerprint density at radius 2 is 1.79 bits per heavy atom. The molecule has 7 nitrogen and oxygen atoms in total. The number of carbonyl (C=O) groups excluding carboxylic acids is 2. The first kappa shape index (κ1) is 26.7. The summed E-state index contributed by atoms with van der Waals surface area (Å²) in [5, 5.41) is 7.23. The average molecular weight is 595 g/mol. The third-order valence-corrected chi connectivity index (χ3v) is 6.98. The number of hydrogen-bond donors (Lipinski definition) is 1. The fourth-order valence-corrected chi connectivity index (χ4v) is 4.79. The van der Waals surface area contributed by atoms with Gasteiger partial charge in [0.15, 0.2) is 6.23 Å². The molecule has 3 aromatic carbocycles. The van der Waals surface area contributed by atoms with E-state index in [2.05, 4.69) is 21.2 Å². The summed E-state index contributed by atoms with van der Waals surface area (Å²) in [6, 6.07) is 18.1. The molecule has 2 heterocycles. The van der Waals surface area contributed by atoms with E-state index in [9.17, 15) is 18.4 Å². The van der Waals surface area contributed by atoms with Crippen molar-refractivity contribution in [1.82, 2.24) is 14.7 Å². The van der Waals surface area contributed by atoms with Gasteiger partial charge in [0.25, 0.3) is 5.91 Å². The molecule has 0 radical (unpaired) electrons. The first-order chi connectivity index (χ1) is 18.7. The summed E-state index contributed by atoms with van der Waals surface area (Å²) in [4.78, 5) is 26.0. The van der Waals surface area contributed by atoms with Crippen molar-refractivity contribution in [1.29, 1.82) is 0 Å². The molecular weight excluding hydrogens is 570 g/mol. The van der Waals surface area contributed by atoms with E-state index < -0.39 is 18.1 Å². The normalized spacial score (nSPS) is 17.1. The highest BCUT2D eigenvalue weighted by atomic mass is 79.9. The summed E-state index contributed by atoms with van der Waals surface area (Å²) in [7, 11) is 0. The van der Waals surface area contributed by atoms with E-state index in [1.165, 1.54) is 31.2 Å². The number of halogens is 3. The lowest BCUT2D eigenvalue weighted by Crippen LogP contribution is -2.32. The topological polar surface area (TPSA) is 76.5 Å². The molecule has 200 valence electrons. The van der Waals surface area contributed by atoms with Crippen LogP contribution in [0.4, 0.5) is 14.5 Å². The summed E-state index contributed by atoms with van der Waals surface area (Å²) >= 11 is 3.44. The summed E-state index contributed by atoms with van der Waals surface area (Å²) in [6.07, 6.45) is 0.737. The van der Waals surface area contributed by atoms with Crippen LogP contribution in [0.2, 0.25) is 0 Å². The Kier molecular flexibility index (Phi) is 7.58. The molecule has 1 fully saturated rings. The quantitative estimate of drug-likeness (QED) is 0.283. The minimum Gasteiger partial charge on any atom is -0.341 e. The zero-order valence-electron chi connectivity index (χ0n) is 21.2. The highest BCUT2D eigenvalue weighted by Crippen LogP contribution is 2.37. The van der Waals surface area contributed by atoms with Gasteiger partial charge >= 0.3 is 0 Å². The number of nitrogens with one attached hydrogen (secondary N) is 1. The lowest BCUT2D eigenvalue weighted by molar-refractivity contribution is -0.130. The minimum absolute atomic E-state index is 0.0997. The molecule has 0 spiro atoms. The lowest BCUT2D eigenvalue weighted by atomic mass is 10.1. The number of rotatable bonds is 7. The van der Waals surface area contributed by atoms with Crippen LogP contribution in [0.3, 0.4) is 0 Å². The Morgan fingerprint density at radius 1 is 1.08 bits per heavy atom. The van der Waals surface area contributed by atoms with Gasteiger partial charge in [-0.1, -0.05) is 22.0 Å². The number of amides is 2. The third-order valence-electron chi connectivity index (χ3n) is 6.45. The van der Waals surface area contributed by atoms with Gasteiger partial charge in [-0.05, 0) is 79.6 Å². The summed E-state index contributed by atoms with van der Waals surface area (Å²) in [5.41, 5.74) is 3.44. The standard InChI is InChI=1S/C29H25BrF2N4O3/c1-17-28(38)35(14-13-19-3-12-26(25(32)15-19)33-18(2)37)29(39-17)24-16-36(23-10-6-21(30)7-11-23)34-27(24)20-4-8-22(31)9-5-20/h3-12,15-17,29H,13-14H2,1-2H3,(H,33,37)/t17-,29?/m0/s1. The zero-order valence-corrected chi connectivity index (χ0v) is 22.8. The SMILES string of the molecule is CC(=O)Nc1ccc(CCN2C(=O)[C@H](C)OC2c2cn(-c3ccc(Br)cc3)nc2-c2ccc(F)cc2)cc1F. The number of anilines is 1. The molecule has 1 N–H and O–H groups in total.